The van der Waals surface area contributed by atoms with Crippen molar-refractivity contribution in [1.29, 1.82) is 0 Å². The number of Topliss-reactive ketones (excluding diaryl/α,β-unsaturated/α-hetero) is 1. The second kappa shape index (κ2) is 9.21. The SMILES string of the molecule is CCCCCCCCCC(=O)c1csc(C(C)N)n1. The van der Waals surface area contributed by atoms with Crippen LogP contribution in [0.5, 0.6) is 0 Å². The summed E-state index contributed by atoms with van der Waals surface area (Å²) < 4.78 is 0. The van der Waals surface area contributed by atoms with E-state index in [4.69, 9.17) is 5.73 Å². The predicted octanol–water partition coefficient (Wildman–Crippen LogP) is 4.49. The van der Waals surface area contributed by atoms with Crippen molar-refractivity contribution >= 4 is 17.1 Å². The summed E-state index contributed by atoms with van der Waals surface area (Å²) in [6, 6.07) is -0.0786. The molecule has 108 valence electrons. The fourth-order valence-electron chi connectivity index (χ4n) is 2.00. The van der Waals surface area contributed by atoms with Crippen LogP contribution in [0.3, 0.4) is 0 Å². The van der Waals surface area contributed by atoms with E-state index in [1.54, 1.807) is 0 Å². The highest BCUT2D eigenvalue weighted by atomic mass is 32.1. The lowest BCUT2D eigenvalue weighted by atomic mass is 10.1. The van der Waals surface area contributed by atoms with E-state index in [1.165, 1.54) is 43.4 Å². The first-order valence-corrected chi connectivity index (χ1v) is 8.27. The van der Waals surface area contributed by atoms with Crippen LogP contribution in [0.2, 0.25) is 0 Å². The molecule has 1 unspecified atom stereocenters. The van der Waals surface area contributed by atoms with Crippen LogP contribution in [0.25, 0.3) is 0 Å². The van der Waals surface area contributed by atoms with E-state index >= 15 is 0 Å². The molecule has 3 nitrogen and oxygen atoms in total. The van der Waals surface area contributed by atoms with Crippen molar-refractivity contribution in [1.82, 2.24) is 4.98 Å². The van der Waals surface area contributed by atoms with Crippen molar-refractivity contribution in [2.45, 2.75) is 71.3 Å². The Labute approximate surface area is 120 Å². The predicted molar refractivity (Wildman–Crippen MR) is 81.7 cm³/mol. The van der Waals surface area contributed by atoms with Crippen molar-refractivity contribution in [3.63, 3.8) is 0 Å². The van der Waals surface area contributed by atoms with Crippen molar-refractivity contribution < 1.29 is 4.79 Å². The third kappa shape index (κ3) is 6.30. The molecule has 0 aliphatic heterocycles. The van der Waals surface area contributed by atoms with Crippen LogP contribution < -0.4 is 5.73 Å². The number of carbonyl (C=O) groups excluding carboxylic acids is 1. The lowest BCUT2D eigenvalue weighted by molar-refractivity contribution is 0.0974. The van der Waals surface area contributed by atoms with Gasteiger partial charge in [-0.2, -0.15) is 0 Å². The molecule has 0 fully saturated rings. The Kier molecular flexibility index (Phi) is 7.91. The van der Waals surface area contributed by atoms with E-state index in [-0.39, 0.29) is 11.8 Å². The first-order chi connectivity index (χ1) is 9.15. The highest BCUT2D eigenvalue weighted by Gasteiger charge is 2.12. The van der Waals surface area contributed by atoms with Gasteiger partial charge in [-0.05, 0) is 13.3 Å². The topological polar surface area (TPSA) is 56.0 Å². The van der Waals surface area contributed by atoms with Gasteiger partial charge in [-0.15, -0.1) is 11.3 Å². The molecular formula is C15H26N2OS. The number of nitrogens with zero attached hydrogens (tertiary/aromatic N) is 1. The average molecular weight is 282 g/mol. The number of ketones is 1. The Bertz CT molecular complexity index is 374. The number of nitrogens with two attached hydrogens (primary N) is 1. The van der Waals surface area contributed by atoms with Gasteiger partial charge in [0, 0.05) is 11.8 Å². The molecule has 0 aliphatic carbocycles. The van der Waals surface area contributed by atoms with E-state index in [0.717, 1.165) is 17.8 Å². The van der Waals surface area contributed by atoms with Gasteiger partial charge >= 0.3 is 0 Å². The molecule has 1 rings (SSSR count). The number of carbonyl (C=O) groups is 1. The van der Waals surface area contributed by atoms with Gasteiger partial charge < -0.3 is 5.73 Å². The summed E-state index contributed by atoms with van der Waals surface area (Å²) in [6.07, 6.45) is 9.24. The molecule has 1 aromatic rings. The van der Waals surface area contributed by atoms with Crippen molar-refractivity contribution in [3.05, 3.63) is 16.1 Å². The average Bonchev–Trinajstić information content (AvgIpc) is 2.87. The van der Waals surface area contributed by atoms with E-state index in [0.29, 0.717) is 12.1 Å². The molecule has 1 atom stereocenters. The van der Waals surface area contributed by atoms with Crippen LogP contribution in [0.15, 0.2) is 5.38 Å². The lowest BCUT2D eigenvalue weighted by Crippen LogP contribution is -2.06. The second-order valence-corrected chi connectivity index (χ2v) is 6.04. The number of thiazole rings is 1. The Morgan fingerprint density at radius 2 is 1.89 bits per heavy atom. The van der Waals surface area contributed by atoms with Crippen LogP contribution in [0.1, 0.15) is 86.8 Å². The summed E-state index contributed by atoms with van der Waals surface area (Å²) >= 11 is 1.48. The summed E-state index contributed by atoms with van der Waals surface area (Å²) in [5, 5.41) is 2.69. The third-order valence-corrected chi connectivity index (χ3v) is 4.25. The molecule has 0 bridgehead atoms. The molecule has 4 heteroatoms. The van der Waals surface area contributed by atoms with Gasteiger partial charge in [0.2, 0.25) is 0 Å². The minimum Gasteiger partial charge on any atom is -0.322 e. The van der Waals surface area contributed by atoms with Crippen LogP contribution in [-0.4, -0.2) is 10.8 Å². The highest BCUT2D eigenvalue weighted by molar-refractivity contribution is 7.09. The quantitative estimate of drug-likeness (QED) is 0.508. The molecule has 0 saturated carbocycles. The summed E-state index contributed by atoms with van der Waals surface area (Å²) in [6.45, 7) is 4.12. The zero-order valence-electron chi connectivity index (χ0n) is 12.2. The van der Waals surface area contributed by atoms with Crippen LogP contribution >= 0.6 is 11.3 Å². The van der Waals surface area contributed by atoms with E-state index in [1.807, 2.05) is 12.3 Å². The van der Waals surface area contributed by atoms with Gasteiger partial charge in [0.1, 0.15) is 10.7 Å². The molecule has 1 aromatic heterocycles. The number of rotatable bonds is 10. The standard InChI is InChI=1S/C15H26N2OS/c1-3-4-5-6-7-8-9-10-14(18)13-11-19-15(17-13)12(2)16/h11-12H,3-10,16H2,1-2H3. The van der Waals surface area contributed by atoms with E-state index in [9.17, 15) is 4.79 Å². The first-order valence-electron chi connectivity index (χ1n) is 7.39. The van der Waals surface area contributed by atoms with Crippen molar-refractivity contribution in [2.24, 2.45) is 5.73 Å². The van der Waals surface area contributed by atoms with Crippen molar-refractivity contribution in [2.75, 3.05) is 0 Å². The Hall–Kier alpha value is -0.740. The first kappa shape index (κ1) is 16.3. The maximum atomic E-state index is 11.9. The Morgan fingerprint density at radius 3 is 2.47 bits per heavy atom. The van der Waals surface area contributed by atoms with Gasteiger partial charge in [0.05, 0.1) is 6.04 Å². The lowest BCUT2D eigenvalue weighted by Gasteiger charge is -2.00. The van der Waals surface area contributed by atoms with Gasteiger partial charge in [-0.1, -0.05) is 45.4 Å². The molecular weight excluding hydrogens is 256 g/mol. The highest BCUT2D eigenvalue weighted by Crippen LogP contribution is 2.18. The minimum atomic E-state index is -0.0786. The molecule has 2 N–H and O–H groups in total. The molecule has 0 spiro atoms. The fourth-order valence-corrected chi connectivity index (χ4v) is 2.78. The number of unbranched alkanes of at least 4 members (excludes halogenated alkanes) is 6. The van der Waals surface area contributed by atoms with Gasteiger partial charge in [-0.3, -0.25) is 4.79 Å². The number of hydrogen-bond donors (Lipinski definition) is 1. The number of aromatic nitrogens is 1. The second-order valence-electron chi connectivity index (χ2n) is 5.15. The molecule has 0 radical (unpaired) electrons. The third-order valence-electron chi connectivity index (χ3n) is 3.20. The monoisotopic (exact) mass is 282 g/mol. The van der Waals surface area contributed by atoms with E-state index in [2.05, 4.69) is 11.9 Å². The zero-order valence-corrected chi connectivity index (χ0v) is 13.0. The minimum absolute atomic E-state index is 0.0786. The molecule has 0 aliphatic rings. The van der Waals surface area contributed by atoms with Crippen LogP contribution in [0.4, 0.5) is 0 Å². The van der Waals surface area contributed by atoms with Crippen LogP contribution in [0, 0.1) is 0 Å². The normalized spacial score (nSPS) is 12.6. The molecule has 0 amide bonds. The number of hydrogen-bond acceptors (Lipinski definition) is 4. The molecule has 19 heavy (non-hydrogen) atoms. The summed E-state index contributed by atoms with van der Waals surface area (Å²) in [5.41, 5.74) is 6.34. The van der Waals surface area contributed by atoms with Crippen LogP contribution in [-0.2, 0) is 0 Å². The van der Waals surface area contributed by atoms with E-state index < -0.39 is 0 Å². The zero-order chi connectivity index (χ0) is 14.1. The smallest absolute Gasteiger partial charge is 0.182 e. The Balaban J connectivity index is 2.16. The fraction of sp³-hybridized carbons (Fsp3) is 0.733. The van der Waals surface area contributed by atoms with Gasteiger partial charge in [-0.25, -0.2) is 4.98 Å². The molecule has 1 heterocycles. The summed E-state index contributed by atoms with van der Waals surface area (Å²) in [5.74, 6) is 0.164. The van der Waals surface area contributed by atoms with Crippen molar-refractivity contribution in [3.8, 4) is 0 Å². The maximum Gasteiger partial charge on any atom is 0.182 e. The van der Waals surface area contributed by atoms with Gasteiger partial charge in [0.25, 0.3) is 0 Å². The molecule has 0 aromatic carbocycles. The maximum absolute atomic E-state index is 11.9. The largest absolute Gasteiger partial charge is 0.322 e. The summed E-state index contributed by atoms with van der Waals surface area (Å²) in [4.78, 5) is 16.2. The Morgan fingerprint density at radius 1 is 1.26 bits per heavy atom. The van der Waals surface area contributed by atoms with Gasteiger partial charge in [0.15, 0.2) is 5.78 Å². The summed E-state index contributed by atoms with van der Waals surface area (Å²) in [7, 11) is 0. The molecule has 0 saturated heterocycles.